The smallest absolute Gasteiger partial charge is 0.247 e. The van der Waals surface area contributed by atoms with Gasteiger partial charge in [-0.05, 0) is 50.9 Å². The van der Waals surface area contributed by atoms with Crippen molar-refractivity contribution in [3.05, 3.63) is 23.8 Å². The van der Waals surface area contributed by atoms with Crippen molar-refractivity contribution in [3.63, 3.8) is 0 Å². The summed E-state index contributed by atoms with van der Waals surface area (Å²) in [6.07, 6.45) is 1.88. The zero-order valence-electron chi connectivity index (χ0n) is 20.7. The second-order valence-corrected chi connectivity index (χ2v) is 11.3. The molecule has 0 saturated carbocycles. The molecule has 2 aliphatic rings. The molecule has 3 atom stereocenters. The summed E-state index contributed by atoms with van der Waals surface area (Å²) in [5.41, 5.74) is 0.662. The van der Waals surface area contributed by atoms with Crippen LogP contribution in [0.1, 0.15) is 32.3 Å². The van der Waals surface area contributed by atoms with Gasteiger partial charge in [0, 0.05) is 57.5 Å². The van der Waals surface area contributed by atoms with Gasteiger partial charge in [0.25, 0.3) is 0 Å². The fourth-order valence-corrected chi connectivity index (χ4v) is 6.31. The number of hydrogen-bond donors (Lipinski definition) is 1. The minimum Gasteiger partial charge on any atom is -0.487 e. The number of ether oxygens (including phenoxy) is 3. The van der Waals surface area contributed by atoms with Crippen LogP contribution in [0.25, 0.3) is 0 Å². The van der Waals surface area contributed by atoms with Crippen LogP contribution in [0.2, 0.25) is 0 Å². The molecular formula is C25H38N2O6S. The second kappa shape index (κ2) is 12.3. The third-order valence-corrected chi connectivity index (χ3v) is 8.54. The lowest BCUT2D eigenvalue weighted by Crippen LogP contribution is -2.50. The minimum absolute atomic E-state index is 0.0858. The topological polar surface area (TPSA) is 88.5 Å². The monoisotopic (exact) mass is 494 g/mol. The number of hydrogen-bond acceptors (Lipinski definition) is 7. The predicted molar refractivity (Wildman–Crippen MR) is 130 cm³/mol. The normalized spacial score (nSPS) is 24.3. The number of fused-ring (bicyclic) bond motifs is 1. The second-order valence-electron chi connectivity index (χ2n) is 9.41. The molecule has 1 saturated heterocycles. The average molecular weight is 495 g/mol. The highest BCUT2D eigenvalue weighted by atomic mass is 32.2. The Morgan fingerprint density at radius 1 is 1.29 bits per heavy atom. The van der Waals surface area contributed by atoms with Gasteiger partial charge in [0.05, 0.1) is 6.61 Å². The van der Waals surface area contributed by atoms with E-state index in [1.807, 2.05) is 6.92 Å². The van der Waals surface area contributed by atoms with Gasteiger partial charge in [-0.2, -0.15) is 4.31 Å². The molecule has 2 heterocycles. The predicted octanol–water partition coefficient (Wildman–Crippen LogP) is 1.81. The molecular weight excluding hydrogens is 456 g/mol. The van der Waals surface area contributed by atoms with Crippen molar-refractivity contribution in [1.29, 1.82) is 0 Å². The summed E-state index contributed by atoms with van der Waals surface area (Å²) in [6.45, 7) is 7.26. The lowest BCUT2D eigenvalue weighted by molar-refractivity contribution is 0.0402. The van der Waals surface area contributed by atoms with Gasteiger partial charge >= 0.3 is 0 Å². The molecule has 2 aliphatic heterocycles. The maximum atomic E-state index is 13.5. The number of benzene rings is 1. The Hall–Kier alpha value is -1.67. The number of nitrogens with zero attached hydrogens (tertiary/aromatic N) is 2. The van der Waals surface area contributed by atoms with E-state index >= 15 is 0 Å². The first-order valence-electron chi connectivity index (χ1n) is 11.9. The number of methoxy groups -OCH3 is 1. The summed E-state index contributed by atoms with van der Waals surface area (Å²) in [4.78, 5) is 2.38. The summed E-state index contributed by atoms with van der Waals surface area (Å²) in [5, 5.41) is 9.79. The first-order valence-corrected chi connectivity index (χ1v) is 13.4. The molecule has 34 heavy (non-hydrogen) atoms. The third kappa shape index (κ3) is 6.72. The van der Waals surface area contributed by atoms with E-state index in [2.05, 4.69) is 23.8 Å². The Bertz CT molecular complexity index is 967. The highest BCUT2D eigenvalue weighted by Gasteiger charge is 2.38. The van der Waals surface area contributed by atoms with E-state index in [1.165, 1.54) is 4.31 Å². The number of rotatable bonds is 7. The number of aliphatic hydroxyl groups is 1. The molecule has 1 fully saturated rings. The zero-order chi connectivity index (χ0) is 24.7. The molecule has 0 spiro atoms. The Balaban J connectivity index is 1.92. The first kappa shape index (κ1) is 26.9. The Morgan fingerprint density at radius 2 is 2.03 bits per heavy atom. The van der Waals surface area contributed by atoms with Crippen molar-refractivity contribution in [1.82, 2.24) is 9.21 Å². The van der Waals surface area contributed by atoms with Crippen molar-refractivity contribution in [2.24, 2.45) is 11.8 Å². The molecule has 0 aromatic heterocycles. The molecule has 8 nitrogen and oxygen atoms in total. The maximum absolute atomic E-state index is 13.5. The Labute approximate surface area is 204 Å². The van der Waals surface area contributed by atoms with Crippen LogP contribution in [0, 0.1) is 23.7 Å². The largest absolute Gasteiger partial charge is 0.487 e. The van der Waals surface area contributed by atoms with Gasteiger partial charge in [-0.15, -0.1) is 0 Å². The van der Waals surface area contributed by atoms with Gasteiger partial charge in [-0.1, -0.05) is 18.8 Å². The highest BCUT2D eigenvalue weighted by Crippen LogP contribution is 2.34. The molecule has 0 bridgehead atoms. The fourth-order valence-electron chi connectivity index (χ4n) is 4.48. The number of sulfonamides is 1. The van der Waals surface area contributed by atoms with Gasteiger partial charge in [-0.25, -0.2) is 8.42 Å². The molecule has 0 radical (unpaired) electrons. The molecule has 1 aromatic rings. The lowest BCUT2D eigenvalue weighted by atomic mass is 9.98. The molecule has 190 valence electrons. The number of aliphatic hydroxyl groups excluding tert-OH is 1. The molecule has 0 unspecified atom stereocenters. The highest BCUT2D eigenvalue weighted by molar-refractivity contribution is 7.89. The van der Waals surface area contributed by atoms with Crippen LogP contribution in [0.3, 0.4) is 0 Å². The molecule has 3 rings (SSSR count). The summed E-state index contributed by atoms with van der Waals surface area (Å²) in [7, 11) is -0.195. The Morgan fingerprint density at radius 3 is 2.71 bits per heavy atom. The summed E-state index contributed by atoms with van der Waals surface area (Å²) in [5.74, 6) is 6.70. The van der Waals surface area contributed by atoms with Crippen LogP contribution >= 0.6 is 0 Å². The van der Waals surface area contributed by atoms with Crippen LogP contribution in [0.15, 0.2) is 23.1 Å². The summed E-state index contributed by atoms with van der Waals surface area (Å²) in [6, 6.07) is 4.39. The van der Waals surface area contributed by atoms with E-state index in [0.717, 1.165) is 32.6 Å². The quantitative estimate of drug-likeness (QED) is 0.579. The van der Waals surface area contributed by atoms with Crippen molar-refractivity contribution in [3.8, 4) is 17.6 Å². The Kier molecular flexibility index (Phi) is 9.77. The van der Waals surface area contributed by atoms with E-state index in [1.54, 1.807) is 32.2 Å². The van der Waals surface area contributed by atoms with E-state index in [4.69, 9.17) is 14.2 Å². The third-order valence-electron chi connectivity index (χ3n) is 6.52. The summed E-state index contributed by atoms with van der Waals surface area (Å²) >= 11 is 0. The summed E-state index contributed by atoms with van der Waals surface area (Å²) < 4.78 is 45.4. The molecule has 0 aliphatic carbocycles. The lowest BCUT2D eigenvalue weighted by Gasteiger charge is -2.38. The van der Waals surface area contributed by atoms with Crippen LogP contribution in [-0.4, -0.2) is 95.1 Å². The van der Waals surface area contributed by atoms with E-state index in [9.17, 15) is 13.5 Å². The van der Waals surface area contributed by atoms with Gasteiger partial charge in [0.15, 0.2) is 0 Å². The van der Waals surface area contributed by atoms with Crippen LogP contribution < -0.4 is 4.74 Å². The maximum Gasteiger partial charge on any atom is 0.247 e. The standard InChI is InChI=1S/C25H38N2O6S/c1-19-15-27(20(2)18-28)34(29,30)25-8-7-21(6-5-11-31-4)14-23(25)33-24(19)17-26(3)16-22-9-12-32-13-10-22/h7-8,14,19-20,22,24,28H,9-13,15-18H2,1-4H3/t19-,20-,24+/m1/s1. The molecule has 9 heteroatoms. The van der Waals surface area contributed by atoms with Crippen LogP contribution in [0.5, 0.6) is 5.75 Å². The number of likely N-dealkylation sites (N-methyl/N-ethyl adjacent to an activating group) is 1. The van der Waals surface area contributed by atoms with Gasteiger partial charge in [-0.3, -0.25) is 0 Å². The van der Waals surface area contributed by atoms with Gasteiger partial charge in [0.1, 0.15) is 23.4 Å². The van der Waals surface area contributed by atoms with Crippen molar-refractivity contribution in [2.75, 3.05) is 60.2 Å². The minimum atomic E-state index is -3.86. The van der Waals surface area contributed by atoms with Gasteiger partial charge in [0.2, 0.25) is 10.0 Å². The average Bonchev–Trinajstić information content (AvgIpc) is 2.81. The molecule has 0 amide bonds. The van der Waals surface area contributed by atoms with Crippen molar-refractivity contribution < 1.29 is 27.7 Å². The van der Waals surface area contributed by atoms with Crippen molar-refractivity contribution >= 4 is 10.0 Å². The molecule has 1 N–H and O–H groups in total. The van der Waals surface area contributed by atoms with Crippen LogP contribution in [-0.2, 0) is 19.5 Å². The first-order chi connectivity index (χ1) is 16.3. The van der Waals surface area contributed by atoms with Crippen molar-refractivity contribution in [2.45, 2.75) is 43.7 Å². The van der Waals surface area contributed by atoms with Crippen LogP contribution in [0.4, 0.5) is 0 Å². The SMILES string of the molecule is COCC#Cc1ccc2c(c1)O[C@@H](CN(C)CC1CCOCC1)[C@H](C)CN([C@H](C)CO)S2(=O)=O. The zero-order valence-corrected chi connectivity index (χ0v) is 21.5. The fraction of sp³-hybridized carbons (Fsp3) is 0.680. The van der Waals surface area contributed by atoms with E-state index < -0.39 is 16.1 Å². The van der Waals surface area contributed by atoms with Gasteiger partial charge < -0.3 is 24.2 Å². The van der Waals surface area contributed by atoms with E-state index in [-0.39, 0.29) is 36.7 Å². The molecule has 1 aromatic carbocycles. The van der Waals surface area contributed by atoms with E-state index in [0.29, 0.717) is 23.8 Å².